The fourth-order valence-corrected chi connectivity index (χ4v) is 3.37. The molecule has 0 saturated carbocycles. The average Bonchev–Trinajstić information content (AvgIpc) is 2.84. The fraction of sp³-hybridized carbons (Fsp3) is 0.800. The number of amides is 1. The number of aliphatic carboxylic acids is 1. The molecule has 2 heterocycles. The third-order valence-electron chi connectivity index (χ3n) is 3.29. The summed E-state index contributed by atoms with van der Waals surface area (Å²) in [6.45, 7) is 3.55. The molecule has 2 aliphatic rings. The summed E-state index contributed by atoms with van der Waals surface area (Å²) in [6.07, 6.45) is 0. The van der Waals surface area contributed by atoms with Crippen molar-refractivity contribution < 1.29 is 14.7 Å². The lowest BCUT2D eigenvalue weighted by atomic mass is 9.96. The molecule has 1 unspecified atom stereocenters. The number of hydrogen-bond donors (Lipinski definition) is 2. The molecule has 0 aliphatic carbocycles. The molecule has 2 N–H and O–H groups in total. The highest BCUT2D eigenvalue weighted by atomic mass is 32.2. The van der Waals surface area contributed by atoms with Crippen molar-refractivity contribution in [2.24, 2.45) is 11.8 Å². The van der Waals surface area contributed by atoms with Crippen molar-refractivity contribution in [3.8, 4) is 0 Å². The van der Waals surface area contributed by atoms with Crippen LogP contribution in [0.3, 0.4) is 0 Å². The van der Waals surface area contributed by atoms with Gasteiger partial charge in [-0.25, -0.2) is 4.79 Å². The minimum absolute atomic E-state index is 0.00472. The summed E-state index contributed by atoms with van der Waals surface area (Å²) in [5, 5.41) is 12.2. The lowest BCUT2D eigenvalue weighted by molar-refractivity contribution is -0.149. The Bertz CT molecular complexity index is 310. The molecule has 0 bridgehead atoms. The van der Waals surface area contributed by atoms with Gasteiger partial charge in [0, 0.05) is 12.3 Å². The van der Waals surface area contributed by atoms with Crippen molar-refractivity contribution in [3.63, 3.8) is 0 Å². The van der Waals surface area contributed by atoms with Crippen molar-refractivity contribution in [1.29, 1.82) is 0 Å². The van der Waals surface area contributed by atoms with Crippen LogP contribution in [-0.2, 0) is 9.59 Å². The first kappa shape index (κ1) is 11.7. The van der Waals surface area contributed by atoms with Gasteiger partial charge in [-0.15, -0.1) is 11.8 Å². The Morgan fingerprint density at radius 3 is 2.75 bits per heavy atom. The summed E-state index contributed by atoms with van der Waals surface area (Å²) in [6, 6.07) is -0.634. The zero-order valence-electron chi connectivity index (χ0n) is 9.18. The predicted octanol–water partition coefficient (Wildman–Crippen LogP) is -0.172. The second-order valence-corrected chi connectivity index (χ2v) is 5.40. The SMILES string of the molecule is C[C@@H]1CNC[C@H]1C(=O)N1CSCC1C(=O)O. The number of carboxylic acid groups (broad SMARTS) is 1. The lowest BCUT2D eigenvalue weighted by Crippen LogP contribution is -2.46. The smallest absolute Gasteiger partial charge is 0.327 e. The number of nitrogens with one attached hydrogen (secondary N) is 1. The van der Waals surface area contributed by atoms with Gasteiger partial charge in [0.1, 0.15) is 6.04 Å². The number of carbonyl (C=O) groups excluding carboxylic acids is 1. The predicted molar refractivity (Wildman–Crippen MR) is 61.1 cm³/mol. The van der Waals surface area contributed by atoms with Gasteiger partial charge in [0.15, 0.2) is 0 Å². The van der Waals surface area contributed by atoms with Crippen LogP contribution in [0.15, 0.2) is 0 Å². The minimum atomic E-state index is -0.892. The monoisotopic (exact) mass is 244 g/mol. The van der Waals surface area contributed by atoms with Gasteiger partial charge in [-0.2, -0.15) is 0 Å². The molecule has 16 heavy (non-hydrogen) atoms. The number of carboxylic acids is 1. The first-order chi connectivity index (χ1) is 7.61. The molecule has 5 nitrogen and oxygen atoms in total. The summed E-state index contributed by atoms with van der Waals surface area (Å²) in [5.41, 5.74) is 0. The van der Waals surface area contributed by atoms with Crippen LogP contribution in [0.2, 0.25) is 0 Å². The molecule has 0 aromatic rings. The van der Waals surface area contributed by atoms with E-state index in [4.69, 9.17) is 5.11 Å². The topological polar surface area (TPSA) is 69.6 Å². The maximum atomic E-state index is 12.2. The number of rotatable bonds is 2. The molecule has 3 atom stereocenters. The molecular formula is C10H16N2O3S. The summed E-state index contributed by atoms with van der Waals surface area (Å²) in [4.78, 5) is 24.7. The molecular weight excluding hydrogens is 228 g/mol. The average molecular weight is 244 g/mol. The summed E-state index contributed by atoms with van der Waals surface area (Å²) >= 11 is 1.51. The van der Waals surface area contributed by atoms with Gasteiger partial charge in [-0.3, -0.25) is 4.79 Å². The van der Waals surface area contributed by atoms with Crippen molar-refractivity contribution in [1.82, 2.24) is 10.2 Å². The zero-order chi connectivity index (χ0) is 11.7. The van der Waals surface area contributed by atoms with Gasteiger partial charge in [-0.1, -0.05) is 6.92 Å². The van der Waals surface area contributed by atoms with Crippen LogP contribution in [0.25, 0.3) is 0 Å². The molecule has 2 saturated heterocycles. The number of hydrogen-bond acceptors (Lipinski definition) is 4. The normalized spacial score (nSPS) is 34.3. The number of thioether (sulfide) groups is 1. The quantitative estimate of drug-likeness (QED) is 0.705. The van der Waals surface area contributed by atoms with E-state index in [9.17, 15) is 9.59 Å². The third kappa shape index (κ3) is 2.04. The molecule has 0 spiro atoms. The van der Waals surface area contributed by atoms with Gasteiger partial charge >= 0.3 is 5.97 Å². The van der Waals surface area contributed by atoms with E-state index < -0.39 is 12.0 Å². The Balaban J connectivity index is 2.06. The van der Waals surface area contributed by atoms with E-state index in [1.165, 1.54) is 16.7 Å². The Morgan fingerprint density at radius 2 is 2.19 bits per heavy atom. The number of carbonyl (C=O) groups is 2. The lowest BCUT2D eigenvalue weighted by Gasteiger charge is -2.25. The van der Waals surface area contributed by atoms with Gasteiger partial charge < -0.3 is 15.3 Å². The second-order valence-electron chi connectivity index (χ2n) is 4.40. The van der Waals surface area contributed by atoms with Crippen LogP contribution >= 0.6 is 11.8 Å². The van der Waals surface area contributed by atoms with E-state index in [-0.39, 0.29) is 11.8 Å². The van der Waals surface area contributed by atoms with Crippen LogP contribution in [0.5, 0.6) is 0 Å². The van der Waals surface area contributed by atoms with Gasteiger partial charge in [0.05, 0.1) is 11.8 Å². The second kappa shape index (κ2) is 4.63. The highest BCUT2D eigenvalue weighted by Crippen LogP contribution is 2.26. The van der Waals surface area contributed by atoms with E-state index >= 15 is 0 Å². The summed E-state index contributed by atoms with van der Waals surface area (Å²) < 4.78 is 0. The van der Waals surface area contributed by atoms with Crippen molar-refractivity contribution in [2.45, 2.75) is 13.0 Å². The van der Waals surface area contributed by atoms with E-state index in [1.54, 1.807) is 0 Å². The Morgan fingerprint density at radius 1 is 1.44 bits per heavy atom. The first-order valence-electron chi connectivity index (χ1n) is 5.43. The maximum absolute atomic E-state index is 12.2. The molecule has 0 aromatic heterocycles. The zero-order valence-corrected chi connectivity index (χ0v) is 10.00. The van der Waals surface area contributed by atoms with E-state index in [1.807, 2.05) is 6.92 Å². The first-order valence-corrected chi connectivity index (χ1v) is 6.58. The Kier molecular flexibility index (Phi) is 3.39. The summed E-state index contributed by atoms with van der Waals surface area (Å²) in [7, 11) is 0. The third-order valence-corrected chi connectivity index (χ3v) is 4.30. The minimum Gasteiger partial charge on any atom is -0.480 e. The van der Waals surface area contributed by atoms with Crippen molar-refractivity contribution >= 4 is 23.6 Å². The van der Waals surface area contributed by atoms with Gasteiger partial charge in [-0.05, 0) is 12.5 Å². The molecule has 2 rings (SSSR count). The molecule has 2 aliphatic heterocycles. The Hall–Kier alpha value is -0.750. The standard InChI is InChI=1S/C10H16N2O3S/c1-6-2-11-3-7(6)9(13)12-5-16-4-8(12)10(14)15/h6-8,11H,2-5H2,1H3,(H,14,15)/t6-,7-,8?/m1/s1. The van der Waals surface area contributed by atoms with Crippen molar-refractivity contribution in [3.05, 3.63) is 0 Å². The van der Waals surface area contributed by atoms with Crippen molar-refractivity contribution in [2.75, 3.05) is 24.7 Å². The largest absolute Gasteiger partial charge is 0.480 e. The van der Waals surface area contributed by atoms with Crippen LogP contribution in [0, 0.1) is 11.8 Å². The fourth-order valence-electron chi connectivity index (χ4n) is 2.22. The van der Waals surface area contributed by atoms with Crippen LogP contribution in [0.1, 0.15) is 6.92 Å². The van der Waals surface area contributed by atoms with Gasteiger partial charge in [0.2, 0.25) is 5.91 Å². The molecule has 90 valence electrons. The molecule has 6 heteroatoms. The summed E-state index contributed by atoms with van der Waals surface area (Å²) in [5.74, 6) is 0.370. The maximum Gasteiger partial charge on any atom is 0.327 e. The number of nitrogens with zero attached hydrogens (tertiary/aromatic N) is 1. The van der Waals surface area contributed by atoms with E-state index in [0.29, 0.717) is 24.1 Å². The molecule has 0 radical (unpaired) electrons. The highest BCUT2D eigenvalue weighted by molar-refractivity contribution is 7.99. The van der Waals surface area contributed by atoms with Crippen LogP contribution < -0.4 is 5.32 Å². The molecule has 2 fully saturated rings. The van der Waals surface area contributed by atoms with Crippen LogP contribution in [-0.4, -0.2) is 52.6 Å². The molecule has 1 amide bonds. The van der Waals surface area contributed by atoms with Crippen LogP contribution in [0.4, 0.5) is 0 Å². The van der Waals surface area contributed by atoms with Gasteiger partial charge in [0.25, 0.3) is 0 Å². The molecule has 0 aromatic carbocycles. The highest BCUT2D eigenvalue weighted by Gasteiger charge is 2.40. The van der Waals surface area contributed by atoms with E-state index in [0.717, 1.165) is 6.54 Å². The van der Waals surface area contributed by atoms with E-state index in [2.05, 4.69) is 5.32 Å². The Labute approximate surface area is 98.6 Å².